The van der Waals surface area contributed by atoms with Gasteiger partial charge in [-0.3, -0.25) is 4.57 Å². The summed E-state index contributed by atoms with van der Waals surface area (Å²) in [6.45, 7) is 3.69. The fourth-order valence-corrected chi connectivity index (χ4v) is 3.80. The molecule has 25 heavy (non-hydrogen) atoms. The van der Waals surface area contributed by atoms with Gasteiger partial charge in [-0.2, -0.15) is 0 Å². The first-order valence-corrected chi connectivity index (χ1v) is 9.89. The standard InChI is InChI=1S/C19H23O5P/c1-4-14(2)24-25(21,22)13-15-5-7-16(8-6-15)17-9-11-18(12-10-17)19(20)23-3/h5-12,14H,4,13H2,1-3H3,(H,21,22). The maximum Gasteiger partial charge on any atom is 0.337 e. The van der Waals surface area contributed by atoms with E-state index in [-0.39, 0.29) is 18.2 Å². The van der Waals surface area contributed by atoms with Crippen molar-refractivity contribution in [3.05, 3.63) is 59.7 Å². The summed E-state index contributed by atoms with van der Waals surface area (Å²) in [6.07, 6.45) is 0.424. The first-order valence-electron chi connectivity index (χ1n) is 8.12. The van der Waals surface area contributed by atoms with Crippen molar-refractivity contribution in [2.45, 2.75) is 32.5 Å². The summed E-state index contributed by atoms with van der Waals surface area (Å²) in [6, 6.07) is 14.5. The number of carbonyl (C=O) groups excluding carboxylic acids is 1. The number of ether oxygens (including phenoxy) is 1. The lowest BCUT2D eigenvalue weighted by Gasteiger charge is -2.16. The third-order valence-electron chi connectivity index (χ3n) is 3.90. The van der Waals surface area contributed by atoms with Crippen molar-refractivity contribution in [2.75, 3.05) is 7.11 Å². The highest BCUT2D eigenvalue weighted by atomic mass is 31.2. The maximum atomic E-state index is 12.1. The zero-order valence-corrected chi connectivity index (χ0v) is 15.5. The van der Waals surface area contributed by atoms with Gasteiger partial charge in [0.2, 0.25) is 0 Å². The van der Waals surface area contributed by atoms with Crippen molar-refractivity contribution in [1.82, 2.24) is 0 Å². The third-order valence-corrected chi connectivity index (χ3v) is 5.35. The Morgan fingerprint density at radius 1 is 1.08 bits per heavy atom. The van der Waals surface area contributed by atoms with Crippen LogP contribution in [0.25, 0.3) is 11.1 Å². The predicted molar refractivity (Wildman–Crippen MR) is 97.6 cm³/mol. The number of benzene rings is 2. The Morgan fingerprint density at radius 2 is 1.60 bits per heavy atom. The minimum Gasteiger partial charge on any atom is -0.465 e. The summed E-state index contributed by atoms with van der Waals surface area (Å²) < 4.78 is 22.0. The molecule has 6 heteroatoms. The van der Waals surface area contributed by atoms with Crippen molar-refractivity contribution < 1.29 is 23.5 Å². The molecular formula is C19H23O5P. The Kier molecular flexibility index (Phi) is 6.54. The second-order valence-corrected chi connectivity index (χ2v) is 7.69. The molecule has 0 aliphatic heterocycles. The Morgan fingerprint density at radius 3 is 2.08 bits per heavy atom. The number of hydrogen-bond acceptors (Lipinski definition) is 4. The molecule has 2 rings (SSSR count). The van der Waals surface area contributed by atoms with Crippen molar-refractivity contribution in [1.29, 1.82) is 0 Å². The van der Waals surface area contributed by atoms with E-state index in [1.807, 2.05) is 43.3 Å². The first-order chi connectivity index (χ1) is 11.8. The van der Waals surface area contributed by atoms with E-state index >= 15 is 0 Å². The van der Waals surface area contributed by atoms with E-state index in [9.17, 15) is 14.3 Å². The molecule has 1 N–H and O–H groups in total. The van der Waals surface area contributed by atoms with Gasteiger partial charge in [0.05, 0.1) is 24.9 Å². The topological polar surface area (TPSA) is 72.8 Å². The van der Waals surface area contributed by atoms with Crippen LogP contribution >= 0.6 is 7.60 Å². The van der Waals surface area contributed by atoms with Gasteiger partial charge in [0.25, 0.3) is 0 Å². The fraction of sp³-hybridized carbons (Fsp3) is 0.316. The summed E-state index contributed by atoms with van der Waals surface area (Å²) >= 11 is 0. The highest BCUT2D eigenvalue weighted by molar-refractivity contribution is 7.51. The number of esters is 1. The van der Waals surface area contributed by atoms with Crippen LogP contribution in [0.15, 0.2) is 48.5 Å². The van der Waals surface area contributed by atoms with Crippen LogP contribution < -0.4 is 0 Å². The van der Waals surface area contributed by atoms with Gasteiger partial charge >= 0.3 is 13.6 Å². The van der Waals surface area contributed by atoms with Crippen LogP contribution in [0.3, 0.4) is 0 Å². The van der Waals surface area contributed by atoms with Crippen LogP contribution in [0.1, 0.15) is 36.2 Å². The highest BCUT2D eigenvalue weighted by Crippen LogP contribution is 2.47. The van der Waals surface area contributed by atoms with Crippen LogP contribution in [0.4, 0.5) is 0 Å². The zero-order chi connectivity index (χ0) is 18.4. The number of rotatable bonds is 7. The van der Waals surface area contributed by atoms with Crippen LogP contribution in [0.5, 0.6) is 0 Å². The molecule has 0 saturated carbocycles. The number of methoxy groups -OCH3 is 1. The lowest BCUT2D eigenvalue weighted by Crippen LogP contribution is -2.05. The molecule has 0 aliphatic carbocycles. The molecule has 0 saturated heterocycles. The third kappa shape index (κ3) is 5.53. The largest absolute Gasteiger partial charge is 0.465 e. The van der Waals surface area contributed by atoms with E-state index in [2.05, 4.69) is 4.74 Å². The number of hydrogen-bond donors (Lipinski definition) is 1. The Bertz CT molecular complexity index is 752. The summed E-state index contributed by atoms with van der Waals surface area (Å²) in [5.41, 5.74) is 3.13. The van der Waals surface area contributed by atoms with Gasteiger partial charge in [-0.15, -0.1) is 0 Å². The molecule has 0 fully saturated rings. The second-order valence-electron chi connectivity index (χ2n) is 5.89. The van der Waals surface area contributed by atoms with Crippen LogP contribution in [-0.4, -0.2) is 24.1 Å². The van der Waals surface area contributed by atoms with Crippen LogP contribution in [0.2, 0.25) is 0 Å². The zero-order valence-electron chi connectivity index (χ0n) is 14.6. The van der Waals surface area contributed by atoms with Crippen molar-refractivity contribution >= 4 is 13.6 Å². The SMILES string of the molecule is CCC(C)OP(=O)(O)Cc1ccc(-c2ccc(C(=O)OC)cc2)cc1. The van der Waals surface area contributed by atoms with Crippen LogP contribution in [0, 0.1) is 0 Å². The monoisotopic (exact) mass is 362 g/mol. The van der Waals surface area contributed by atoms with E-state index in [0.717, 1.165) is 16.7 Å². The predicted octanol–water partition coefficient (Wildman–Crippen LogP) is 4.64. The lowest BCUT2D eigenvalue weighted by atomic mass is 10.0. The quantitative estimate of drug-likeness (QED) is 0.574. The Balaban J connectivity index is 2.09. The average molecular weight is 362 g/mol. The average Bonchev–Trinajstić information content (AvgIpc) is 2.61. The molecule has 0 aromatic heterocycles. The molecule has 2 aromatic carbocycles. The Hall–Kier alpha value is -1.94. The molecule has 134 valence electrons. The smallest absolute Gasteiger partial charge is 0.337 e. The molecule has 0 radical (unpaired) electrons. The second kappa shape index (κ2) is 8.43. The Labute approximate surface area is 148 Å². The van der Waals surface area contributed by atoms with E-state index in [1.54, 1.807) is 19.1 Å². The van der Waals surface area contributed by atoms with Gasteiger partial charge in [0, 0.05) is 0 Å². The van der Waals surface area contributed by atoms with Gasteiger partial charge in [-0.25, -0.2) is 4.79 Å². The molecule has 0 aliphatic rings. The van der Waals surface area contributed by atoms with Crippen molar-refractivity contribution in [3.8, 4) is 11.1 Å². The number of carbonyl (C=O) groups is 1. The lowest BCUT2D eigenvalue weighted by molar-refractivity contribution is 0.0600. The summed E-state index contributed by atoms with van der Waals surface area (Å²) in [5, 5.41) is 0. The first kappa shape index (κ1) is 19.4. The van der Waals surface area contributed by atoms with E-state index in [1.165, 1.54) is 7.11 Å². The van der Waals surface area contributed by atoms with Crippen molar-refractivity contribution in [2.24, 2.45) is 0 Å². The molecule has 0 bridgehead atoms. The minimum atomic E-state index is -3.65. The molecule has 5 nitrogen and oxygen atoms in total. The molecular weight excluding hydrogens is 339 g/mol. The van der Waals surface area contributed by atoms with E-state index in [4.69, 9.17) is 4.52 Å². The molecule has 0 amide bonds. The normalized spacial score (nSPS) is 14.6. The summed E-state index contributed by atoms with van der Waals surface area (Å²) in [5.74, 6) is -0.373. The van der Waals surface area contributed by atoms with Gasteiger partial charge < -0.3 is 14.2 Å². The van der Waals surface area contributed by atoms with Crippen molar-refractivity contribution in [3.63, 3.8) is 0 Å². The minimum absolute atomic E-state index is 0.0150. The molecule has 2 aromatic rings. The molecule has 2 atom stereocenters. The van der Waals surface area contributed by atoms with Crippen LogP contribution in [-0.2, 0) is 20.0 Å². The molecule has 0 heterocycles. The highest BCUT2D eigenvalue weighted by Gasteiger charge is 2.22. The summed E-state index contributed by atoms with van der Waals surface area (Å²) in [7, 11) is -2.30. The van der Waals surface area contributed by atoms with Gasteiger partial charge in [-0.1, -0.05) is 43.3 Å². The van der Waals surface area contributed by atoms with Gasteiger partial charge in [0.1, 0.15) is 0 Å². The van der Waals surface area contributed by atoms with E-state index in [0.29, 0.717) is 12.0 Å². The van der Waals surface area contributed by atoms with Gasteiger partial charge in [0.15, 0.2) is 0 Å². The maximum absolute atomic E-state index is 12.1. The fourth-order valence-electron chi connectivity index (χ4n) is 2.34. The molecule has 2 unspecified atom stereocenters. The molecule has 0 spiro atoms. The van der Waals surface area contributed by atoms with Gasteiger partial charge in [-0.05, 0) is 42.2 Å². The van der Waals surface area contributed by atoms with E-state index < -0.39 is 7.60 Å². The summed E-state index contributed by atoms with van der Waals surface area (Å²) in [4.78, 5) is 21.4.